The summed E-state index contributed by atoms with van der Waals surface area (Å²) >= 11 is 12.0. The van der Waals surface area contributed by atoms with Crippen molar-refractivity contribution in [3.8, 4) is 17.1 Å². The number of benzene rings is 2. The number of hydrogen-bond acceptors (Lipinski definition) is 5. The first-order valence-corrected chi connectivity index (χ1v) is 8.99. The second-order valence-corrected chi connectivity index (χ2v) is 6.70. The molecular formula is C20H14Cl2N2O5. The molecule has 0 atom stereocenters. The van der Waals surface area contributed by atoms with Crippen molar-refractivity contribution in [1.82, 2.24) is 0 Å². The standard InChI is InChI=1S/C20H14Cl2N2O5/c1-28-19-11-15(24(26)27)2-5-17(19)23-20(25)7-4-16-3-6-18(29-16)12-8-13(21)10-14(22)9-12/h2-11H,1H3,(H,23,25). The number of carbonyl (C=O) groups excluding carboxylic acids is 1. The van der Waals surface area contributed by atoms with Gasteiger partial charge < -0.3 is 14.5 Å². The molecule has 1 heterocycles. The fraction of sp³-hybridized carbons (Fsp3) is 0.0500. The Morgan fingerprint density at radius 1 is 1.14 bits per heavy atom. The number of furan rings is 1. The zero-order chi connectivity index (χ0) is 21.0. The topological polar surface area (TPSA) is 94.6 Å². The summed E-state index contributed by atoms with van der Waals surface area (Å²) in [4.78, 5) is 22.5. The molecular weight excluding hydrogens is 419 g/mol. The average Bonchev–Trinajstić information content (AvgIpc) is 3.15. The normalized spacial score (nSPS) is 10.9. The van der Waals surface area contributed by atoms with E-state index in [4.69, 9.17) is 32.4 Å². The van der Waals surface area contributed by atoms with E-state index < -0.39 is 10.8 Å². The molecule has 0 fully saturated rings. The quantitative estimate of drug-likeness (QED) is 0.300. The van der Waals surface area contributed by atoms with Crippen LogP contribution < -0.4 is 10.1 Å². The maximum Gasteiger partial charge on any atom is 0.273 e. The van der Waals surface area contributed by atoms with Crippen molar-refractivity contribution in [3.63, 3.8) is 0 Å². The highest BCUT2D eigenvalue weighted by atomic mass is 35.5. The molecule has 0 saturated carbocycles. The molecule has 1 amide bonds. The molecule has 0 aliphatic heterocycles. The monoisotopic (exact) mass is 432 g/mol. The maximum atomic E-state index is 12.2. The molecule has 3 rings (SSSR count). The van der Waals surface area contributed by atoms with Gasteiger partial charge in [0, 0.05) is 27.8 Å². The summed E-state index contributed by atoms with van der Waals surface area (Å²) in [6.45, 7) is 0. The Morgan fingerprint density at radius 3 is 2.52 bits per heavy atom. The molecule has 2 aromatic carbocycles. The largest absolute Gasteiger partial charge is 0.494 e. The van der Waals surface area contributed by atoms with E-state index in [-0.39, 0.29) is 11.4 Å². The third-order valence-electron chi connectivity index (χ3n) is 3.83. The predicted octanol–water partition coefficient (Wildman–Crippen LogP) is 5.82. The van der Waals surface area contributed by atoms with Crippen LogP contribution in [0.1, 0.15) is 5.76 Å². The van der Waals surface area contributed by atoms with Crippen molar-refractivity contribution < 1.29 is 18.9 Å². The van der Waals surface area contributed by atoms with Crippen LogP contribution in [-0.2, 0) is 4.79 Å². The summed E-state index contributed by atoms with van der Waals surface area (Å²) in [5.74, 6) is 0.716. The molecule has 0 radical (unpaired) electrons. The lowest BCUT2D eigenvalue weighted by molar-refractivity contribution is -0.384. The number of nitro benzene ring substituents is 1. The van der Waals surface area contributed by atoms with Gasteiger partial charge in [0.1, 0.15) is 17.3 Å². The number of nitro groups is 1. The van der Waals surface area contributed by atoms with Crippen LogP contribution in [0.15, 0.2) is 59.0 Å². The van der Waals surface area contributed by atoms with Gasteiger partial charge in [-0.25, -0.2) is 0 Å². The number of nitrogens with one attached hydrogen (secondary N) is 1. The van der Waals surface area contributed by atoms with Crippen LogP contribution in [0, 0.1) is 10.1 Å². The number of halogens is 2. The van der Waals surface area contributed by atoms with E-state index in [0.29, 0.717) is 32.8 Å². The Labute approximate surface area is 175 Å². The van der Waals surface area contributed by atoms with E-state index in [2.05, 4.69) is 5.32 Å². The van der Waals surface area contributed by atoms with Crippen molar-refractivity contribution in [3.05, 3.63) is 80.5 Å². The van der Waals surface area contributed by atoms with E-state index >= 15 is 0 Å². The third kappa shape index (κ3) is 5.16. The van der Waals surface area contributed by atoms with Crippen molar-refractivity contribution in [2.75, 3.05) is 12.4 Å². The number of non-ortho nitro benzene ring substituents is 1. The molecule has 0 bridgehead atoms. The smallest absolute Gasteiger partial charge is 0.273 e. The van der Waals surface area contributed by atoms with Crippen molar-refractivity contribution >= 4 is 46.6 Å². The van der Waals surface area contributed by atoms with Gasteiger partial charge in [0.25, 0.3) is 5.69 Å². The van der Waals surface area contributed by atoms with E-state index in [1.807, 2.05) is 0 Å². The van der Waals surface area contributed by atoms with Crippen LogP contribution in [0.3, 0.4) is 0 Å². The Balaban J connectivity index is 1.72. The first-order valence-electron chi connectivity index (χ1n) is 8.23. The van der Waals surface area contributed by atoms with Crippen LogP contribution >= 0.6 is 23.2 Å². The molecule has 7 nitrogen and oxygen atoms in total. The highest BCUT2D eigenvalue weighted by Crippen LogP contribution is 2.30. The molecule has 0 unspecified atom stereocenters. The van der Waals surface area contributed by atoms with E-state index in [1.165, 1.54) is 37.5 Å². The molecule has 0 saturated heterocycles. The molecule has 1 aromatic heterocycles. The Hall–Kier alpha value is -3.29. The minimum atomic E-state index is -0.546. The minimum absolute atomic E-state index is 0.139. The van der Waals surface area contributed by atoms with Gasteiger partial charge >= 0.3 is 0 Å². The van der Waals surface area contributed by atoms with Crippen molar-refractivity contribution in [2.45, 2.75) is 0 Å². The van der Waals surface area contributed by atoms with Gasteiger partial charge in [0.05, 0.1) is 23.8 Å². The van der Waals surface area contributed by atoms with Crippen LogP contribution in [-0.4, -0.2) is 17.9 Å². The Morgan fingerprint density at radius 2 is 1.86 bits per heavy atom. The molecule has 0 aliphatic rings. The molecule has 3 aromatic rings. The first kappa shape index (κ1) is 20.4. The SMILES string of the molecule is COc1cc([N+](=O)[O-])ccc1NC(=O)C=Cc1ccc(-c2cc(Cl)cc(Cl)c2)o1. The maximum absolute atomic E-state index is 12.2. The van der Waals surface area contributed by atoms with Crippen LogP contribution in [0.25, 0.3) is 17.4 Å². The lowest BCUT2D eigenvalue weighted by Crippen LogP contribution is -2.09. The van der Waals surface area contributed by atoms with Gasteiger partial charge in [-0.15, -0.1) is 0 Å². The van der Waals surface area contributed by atoms with E-state index in [0.717, 1.165) is 0 Å². The second kappa shape index (κ2) is 8.81. The van der Waals surface area contributed by atoms with Crippen LogP contribution in [0.5, 0.6) is 5.75 Å². The molecule has 0 aliphatic carbocycles. The van der Waals surface area contributed by atoms with E-state index in [1.54, 1.807) is 30.3 Å². The number of hydrogen-bond donors (Lipinski definition) is 1. The summed E-state index contributed by atoms with van der Waals surface area (Å²) in [6, 6.07) is 12.4. The number of methoxy groups -OCH3 is 1. The van der Waals surface area contributed by atoms with Gasteiger partial charge in [-0.3, -0.25) is 14.9 Å². The highest BCUT2D eigenvalue weighted by Gasteiger charge is 2.12. The minimum Gasteiger partial charge on any atom is -0.494 e. The lowest BCUT2D eigenvalue weighted by Gasteiger charge is -2.08. The predicted molar refractivity (Wildman–Crippen MR) is 111 cm³/mol. The molecule has 29 heavy (non-hydrogen) atoms. The second-order valence-electron chi connectivity index (χ2n) is 5.82. The average molecular weight is 433 g/mol. The molecule has 9 heteroatoms. The zero-order valence-electron chi connectivity index (χ0n) is 15.0. The summed E-state index contributed by atoms with van der Waals surface area (Å²) in [6.07, 6.45) is 2.76. The van der Waals surface area contributed by atoms with Gasteiger partial charge in [0.15, 0.2) is 0 Å². The van der Waals surface area contributed by atoms with Crippen molar-refractivity contribution in [1.29, 1.82) is 0 Å². The van der Waals surface area contributed by atoms with E-state index in [9.17, 15) is 14.9 Å². The fourth-order valence-electron chi connectivity index (χ4n) is 2.52. The number of amides is 1. The molecule has 148 valence electrons. The summed E-state index contributed by atoms with van der Waals surface area (Å²) in [5.41, 5.74) is 0.878. The van der Waals surface area contributed by atoms with Crippen LogP contribution in [0.4, 0.5) is 11.4 Å². The van der Waals surface area contributed by atoms with Crippen LogP contribution in [0.2, 0.25) is 10.0 Å². The summed E-state index contributed by atoms with van der Waals surface area (Å²) in [7, 11) is 1.36. The molecule has 1 N–H and O–H groups in total. The highest BCUT2D eigenvalue weighted by molar-refractivity contribution is 6.35. The fourth-order valence-corrected chi connectivity index (χ4v) is 3.05. The number of nitrogens with zero attached hydrogens (tertiary/aromatic N) is 1. The van der Waals surface area contributed by atoms with Gasteiger partial charge in [0.2, 0.25) is 5.91 Å². The number of carbonyl (C=O) groups is 1. The lowest BCUT2D eigenvalue weighted by atomic mass is 10.2. The number of anilines is 1. The Kier molecular flexibility index (Phi) is 6.21. The summed E-state index contributed by atoms with van der Waals surface area (Å²) in [5, 5.41) is 14.4. The Bertz CT molecular complexity index is 1090. The number of rotatable bonds is 6. The first-order chi connectivity index (χ1) is 13.9. The van der Waals surface area contributed by atoms with Gasteiger partial charge in [-0.2, -0.15) is 0 Å². The van der Waals surface area contributed by atoms with Crippen molar-refractivity contribution in [2.24, 2.45) is 0 Å². The third-order valence-corrected chi connectivity index (χ3v) is 4.26. The van der Waals surface area contributed by atoms with Gasteiger partial charge in [-0.05, 0) is 42.5 Å². The zero-order valence-corrected chi connectivity index (χ0v) is 16.5. The number of ether oxygens (including phenoxy) is 1. The summed E-state index contributed by atoms with van der Waals surface area (Å²) < 4.78 is 10.8. The molecule has 0 spiro atoms. The van der Waals surface area contributed by atoms with Gasteiger partial charge in [-0.1, -0.05) is 23.2 Å².